The van der Waals surface area contributed by atoms with Crippen LogP contribution in [0.3, 0.4) is 0 Å². The maximum Gasteiger partial charge on any atom is -0.0233 e. The second kappa shape index (κ2) is 13.8. The van der Waals surface area contributed by atoms with Gasteiger partial charge >= 0.3 is 0 Å². The molecule has 3 saturated carbocycles. The molecular weight excluding hydrogens is 360 g/mol. The molecule has 0 aromatic carbocycles. The fourth-order valence-corrected chi connectivity index (χ4v) is 7.09. The van der Waals surface area contributed by atoms with Gasteiger partial charge in [0.15, 0.2) is 0 Å². The molecule has 0 heteroatoms. The second-order valence-electron chi connectivity index (χ2n) is 11.3. The molecule has 0 bridgehead atoms. The maximum atomic E-state index is 2.62. The molecule has 0 N–H and O–H groups in total. The van der Waals surface area contributed by atoms with E-state index in [1.54, 1.807) is 12.8 Å². The third kappa shape index (κ3) is 8.20. The molecule has 0 radical (unpaired) electrons. The van der Waals surface area contributed by atoms with E-state index in [0.717, 1.165) is 35.5 Å². The lowest BCUT2D eigenvalue weighted by atomic mass is 9.68. The Hall–Kier alpha value is -0.520. The molecule has 3 fully saturated rings. The van der Waals surface area contributed by atoms with Crippen molar-refractivity contribution in [2.75, 3.05) is 0 Å². The highest BCUT2D eigenvalue weighted by Crippen LogP contribution is 2.42. The zero-order valence-corrected chi connectivity index (χ0v) is 20.5. The average Bonchev–Trinajstić information content (AvgIpc) is 2.79. The molecule has 0 amide bonds. The average molecular weight is 413 g/mol. The zero-order valence-electron chi connectivity index (χ0n) is 20.5. The van der Waals surface area contributed by atoms with Crippen molar-refractivity contribution in [2.45, 2.75) is 129 Å². The van der Waals surface area contributed by atoms with Crippen LogP contribution >= 0.6 is 0 Å². The van der Waals surface area contributed by atoms with Crippen LogP contribution in [0, 0.1) is 35.5 Å². The summed E-state index contributed by atoms with van der Waals surface area (Å²) in [6.07, 6.45) is 36.3. The first-order valence-corrected chi connectivity index (χ1v) is 14.1. The molecule has 0 aromatic heterocycles. The summed E-state index contributed by atoms with van der Waals surface area (Å²) >= 11 is 0. The molecule has 3 rings (SSSR count). The summed E-state index contributed by atoms with van der Waals surface area (Å²) in [5.74, 6) is 6.16. The lowest BCUT2D eigenvalue weighted by molar-refractivity contribution is 0.152. The van der Waals surface area contributed by atoms with Crippen molar-refractivity contribution in [2.24, 2.45) is 35.5 Å². The van der Waals surface area contributed by atoms with Crippen LogP contribution in [0.4, 0.5) is 0 Å². The highest BCUT2D eigenvalue weighted by Gasteiger charge is 2.30. The first-order chi connectivity index (χ1) is 14.8. The standard InChI is InChI=1S/C30H52/c1-3-5-6-10-26-13-15-27(16-14-26)11-7-8-12-28-19-23-30(24-20-28)29-21-17-25(9-4-2)18-22-29/h3,5,8,12,25-30H,4,6-7,9-11,13-24H2,1-2H3/t25-,26-,27-,28-,29-,30-. The van der Waals surface area contributed by atoms with Crippen molar-refractivity contribution in [3.05, 3.63) is 24.3 Å². The van der Waals surface area contributed by atoms with E-state index < -0.39 is 0 Å². The lowest BCUT2D eigenvalue weighted by Crippen LogP contribution is -2.25. The van der Waals surface area contributed by atoms with E-state index in [1.807, 2.05) is 0 Å². The Labute approximate surface area is 189 Å². The Kier molecular flexibility index (Phi) is 11.1. The summed E-state index contributed by atoms with van der Waals surface area (Å²) in [6, 6.07) is 0. The highest BCUT2D eigenvalue weighted by molar-refractivity contribution is 4.93. The van der Waals surface area contributed by atoms with Gasteiger partial charge in [-0.3, -0.25) is 0 Å². The smallest absolute Gasteiger partial charge is 0.0233 e. The van der Waals surface area contributed by atoms with Gasteiger partial charge in [-0.2, -0.15) is 0 Å². The molecule has 3 aliphatic carbocycles. The summed E-state index contributed by atoms with van der Waals surface area (Å²) in [6.45, 7) is 4.51. The topological polar surface area (TPSA) is 0 Å². The number of hydrogen-bond donors (Lipinski definition) is 0. The van der Waals surface area contributed by atoms with Crippen LogP contribution in [-0.2, 0) is 0 Å². The van der Waals surface area contributed by atoms with E-state index in [9.17, 15) is 0 Å². The Morgan fingerprint density at radius 2 is 1.03 bits per heavy atom. The van der Waals surface area contributed by atoms with Crippen molar-refractivity contribution >= 4 is 0 Å². The quantitative estimate of drug-likeness (QED) is 0.313. The van der Waals surface area contributed by atoms with Gasteiger partial charge in [0, 0.05) is 0 Å². The fraction of sp³-hybridized carbons (Fsp3) is 0.867. The Morgan fingerprint density at radius 1 is 0.567 bits per heavy atom. The number of allylic oxidation sites excluding steroid dienone is 4. The molecule has 0 nitrogen and oxygen atoms in total. The third-order valence-electron chi connectivity index (χ3n) is 9.16. The molecule has 0 heterocycles. The van der Waals surface area contributed by atoms with Crippen molar-refractivity contribution in [1.29, 1.82) is 0 Å². The highest BCUT2D eigenvalue weighted by atomic mass is 14.4. The van der Waals surface area contributed by atoms with Crippen LogP contribution in [0.2, 0.25) is 0 Å². The van der Waals surface area contributed by atoms with Crippen molar-refractivity contribution < 1.29 is 0 Å². The van der Waals surface area contributed by atoms with E-state index in [0.29, 0.717) is 0 Å². The van der Waals surface area contributed by atoms with Crippen LogP contribution in [0.1, 0.15) is 129 Å². The minimum Gasteiger partial charge on any atom is -0.0917 e. The van der Waals surface area contributed by atoms with E-state index in [2.05, 4.69) is 38.2 Å². The minimum atomic E-state index is 0.903. The molecule has 0 unspecified atom stereocenters. The summed E-state index contributed by atoms with van der Waals surface area (Å²) in [4.78, 5) is 0. The molecule has 30 heavy (non-hydrogen) atoms. The van der Waals surface area contributed by atoms with Gasteiger partial charge in [0.25, 0.3) is 0 Å². The summed E-state index contributed by atoms with van der Waals surface area (Å²) in [5.41, 5.74) is 0. The van der Waals surface area contributed by atoms with E-state index >= 15 is 0 Å². The number of hydrogen-bond acceptors (Lipinski definition) is 0. The predicted molar refractivity (Wildman–Crippen MR) is 134 cm³/mol. The van der Waals surface area contributed by atoms with Gasteiger partial charge in [-0.15, -0.1) is 0 Å². The fourth-order valence-electron chi connectivity index (χ4n) is 7.09. The number of rotatable bonds is 10. The predicted octanol–water partition coefficient (Wildman–Crippen LogP) is 9.90. The Balaban J connectivity index is 1.24. The maximum absolute atomic E-state index is 2.62. The molecule has 172 valence electrons. The molecule has 0 aromatic rings. The third-order valence-corrected chi connectivity index (χ3v) is 9.16. The van der Waals surface area contributed by atoms with Gasteiger partial charge in [-0.1, -0.05) is 82.6 Å². The van der Waals surface area contributed by atoms with E-state index in [1.165, 1.54) is 103 Å². The molecule has 3 aliphatic rings. The zero-order chi connectivity index (χ0) is 21.0. The van der Waals surface area contributed by atoms with Gasteiger partial charge in [0.2, 0.25) is 0 Å². The lowest BCUT2D eigenvalue weighted by Gasteiger charge is -2.37. The first-order valence-electron chi connectivity index (χ1n) is 14.1. The van der Waals surface area contributed by atoms with Gasteiger partial charge in [-0.05, 0) is 107 Å². The minimum absolute atomic E-state index is 0.903. The monoisotopic (exact) mass is 412 g/mol. The Bertz CT molecular complexity index is 476. The molecule has 0 atom stereocenters. The van der Waals surface area contributed by atoms with Crippen LogP contribution < -0.4 is 0 Å². The normalized spacial score (nSPS) is 35.9. The van der Waals surface area contributed by atoms with E-state index in [4.69, 9.17) is 0 Å². The van der Waals surface area contributed by atoms with Gasteiger partial charge in [0.1, 0.15) is 0 Å². The van der Waals surface area contributed by atoms with E-state index in [-0.39, 0.29) is 0 Å². The largest absolute Gasteiger partial charge is 0.0917 e. The van der Waals surface area contributed by atoms with Crippen LogP contribution in [-0.4, -0.2) is 0 Å². The second-order valence-corrected chi connectivity index (χ2v) is 11.3. The van der Waals surface area contributed by atoms with Crippen molar-refractivity contribution in [3.8, 4) is 0 Å². The van der Waals surface area contributed by atoms with Crippen molar-refractivity contribution in [1.82, 2.24) is 0 Å². The summed E-state index contributed by atoms with van der Waals surface area (Å²) in [5, 5.41) is 0. The van der Waals surface area contributed by atoms with Crippen molar-refractivity contribution in [3.63, 3.8) is 0 Å². The molecular formula is C30H52. The first kappa shape index (κ1) is 24.1. The SMILES string of the molecule is CC=CCC[C@H]1CC[C@H](CCC=C[C@H]2CC[C@H]([C@H]3CC[C@H](CCC)CC3)CC2)CC1. The molecule has 0 aliphatic heterocycles. The summed E-state index contributed by atoms with van der Waals surface area (Å²) in [7, 11) is 0. The van der Waals surface area contributed by atoms with Crippen LogP contribution in [0.5, 0.6) is 0 Å². The van der Waals surface area contributed by atoms with Crippen LogP contribution in [0.15, 0.2) is 24.3 Å². The summed E-state index contributed by atoms with van der Waals surface area (Å²) < 4.78 is 0. The van der Waals surface area contributed by atoms with Gasteiger partial charge in [0.05, 0.1) is 0 Å². The van der Waals surface area contributed by atoms with Gasteiger partial charge < -0.3 is 0 Å². The van der Waals surface area contributed by atoms with Crippen LogP contribution in [0.25, 0.3) is 0 Å². The molecule has 0 spiro atoms. The molecule has 0 saturated heterocycles. The Morgan fingerprint density at radius 3 is 1.57 bits per heavy atom. The van der Waals surface area contributed by atoms with Gasteiger partial charge in [-0.25, -0.2) is 0 Å².